The van der Waals surface area contributed by atoms with Crippen LogP contribution in [0, 0.1) is 34.6 Å². The Labute approximate surface area is 118 Å². The lowest BCUT2D eigenvalue weighted by atomic mass is 9.84. The second-order valence-electron chi connectivity index (χ2n) is 5.54. The summed E-state index contributed by atoms with van der Waals surface area (Å²) in [6.07, 6.45) is 3.99. The van der Waals surface area contributed by atoms with E-state index in [0.29, 0.717) is 6.04 Å². The Hall–Kier alpha value is -0.530. The second-order valence-corrected chi connectivity index (χ2v) is 5.54. The first-order valence-electron chi connectivity index (χ1n) is 6.84. The maximum absolute atomic E-state index is 3.69. The highest BCUT2D eigenvalue weighted by Gasteiger charge is 2.21. The monoisotopic (exact) mass is 267 g/mol. The third-order valence-corrected chi connectivity index (χ3v) is 4.72. The van der Waals surface area contributed by atoms with Crippen molar-refractivity contribution in [1.82, 2.24) is 5.32 Å². The number of piperidine rings is 1. The van der Waals surface area contributed by atoms with Crippen molar-refractivity contribution in [3.8, 4) is 0 Å². The molecule has 1 aliphatic heterocycles. The van der Waals surface area contributed by atoms with Crippen LogP contribution in [0.4, 0.5) is 0 Å². The van der Waals surface area contributed by atoms with Crippen molar-refractivity contribution in [2.75, 3.05) is 6.54 Å². The van der Waals surface area contributed by atoms with Gasteiger partial charge in [0.2, 0.25) is 0 Å². The normalized spacial score (nSPS) is 19.5. The summed E-state index contributed by atoms with van der Waals surface area (Å²) in [5.41, 5.74) is 9.02. The van der Waals surface area contributed by atoms with Gasteiger partial charge in [0.25, 0.3) is 0 Å². The summed E-state index contributed by atoms with van der Waals surface area (Å²) in [5, 5.41) is 3.69. The molecule has 0 saturated carbocycles. The van der Waals surface area contributed by atoms with Gasteiger partial charge in [-0.25, -0.2) is 0 Å². The minimum Gasteiger partial charge on any atom is -0.310 e. The van der Waals surface area contributed by atoms with E-state index < -0.39 is 0 Å². The van der Waals surface area contributed by atoms with Crippen LogP contribution in [-0.4, -0.2) is 6.54 Å². The fourth-order valence-electron chi connectivity index (χ4n) is 3.15. The third kappa shape index (κ3) is 2.57. The number of benzene rings is 1. The van der Waals surface area contributed by atoms with E-state index in [1.54, 1.807) is 5.56 Å². The molecule has 102 valence electrons. The average Bonchev–Trinajstić information content (AvgIpc) is 2.36. The topological polar surface area (TPSA) is 12.0 Å². The highest BCUT2D eigenvalue weighted by molar-refractivity contribution is 5.85. The Balaban J connectivity index is 0.00000162. The highest BCUT2D eigenvalue weighted by atomic mass is 35.5. The van der Waals surface area contributed by atoms with Gasteiger partial charge in [-0.3, -0.25) is 0 Å². The lowest BCUT2D eigenvalue weighted by Crippen LogP contribution is -2.28. The van der Waals surface area contributed by atoms with E-state index in [2.05, 4.69) is 39.9 Å². The molecule has 0 aromatic heterocycles. The predicted molar refractivity (Wildman–Crippen MR) is 82.0 cm³/mol. The van der Waals surface area contributed by atoms with Crippen molar-refractivity contribution in [2.24, 2.45) is 0 Å². The first-order valence-corrected chi connectivity index (χ1v) is 6.84. The number of rotatable bonds is 1. The highest BCUT2D eigenvalue weighted by Crippen LogP contribution is 2.33. The van der Waals surface area contributed by atoms with Crippen molar-refractivity contribution in [3.05, 3.63) is 33.4 Å². The summed E-state index contributed by atoms with van der Waals surface area (Å²) < 4.78 is 0. The third-order valence-electron chi connectivity index (χ3n) is 4.72. The summed E-state index contributed by atoms with van der Waals surface area (Å²) in [6.45, 7) is 12.5. The zero-order chi connectivity index (χ0) is 12.6. The summed E-state index contributed by atoms with van der Waals surface area (Å²) in [6, 6.07) is 0.585. The Kier molecular flexibility index (Phi) is 5.24. The molecule has 1 saturated heterocycles. The lowest BCUT2D eigenvalue weighted by Gasteiger charge is -2.29. The molecule has 1 aromatic carbocycles. The standard InChI is InChI=1S/C16H25N.ClH/c1-10-11(2)13(4)16(14(5)12(10)3)15-8-6-7-9-17-15;/h15,17H,6-9H2,1-5H3;1H/t15-;/m0./s1. The van der Waals surface area contributed by atoms with Gasteiger partial charge in [-0.05, 0) is 87.4 Å². The van der Waals surface area contributed by atoms with E-state index in [-0.39, 0.29) is 12.4 Å². The zero-order valence-electron chi connectivity index (χ0n) is 12.3. The SMILES string of the molecule is Cc1c(C)c(C)c([C@@H]2CCCCN2)c(C)c1C.Cl. The molecule has 1 N–H and O–H groups in total. The van der Waals surface area contributed by atoms with Gasteiger partial charge in [0, 0.05) is 6.04 Å². The minimum atomic E-state index is 0. The molecule has 1 atom stereocenters. The first-order chi connectivity index (χ1) is 8.04. The van der Waals surface area contributed by atoms with Gasteiger partial charge in [0.15, 0.2) is 0 Å². The first kappa shape index (κ1) is 15.5. The Morgan fingerprint density at radius 3 is 1.72 bits per heavy atom. The maximum atomic E-state index is 3.69. The van der Waals surface area contributed by atoms with Crippen LogP contribution in [0.5, 0.6) is 0 Å². The smallest absolute Gasteiger partial charge is 0.0325 e. The van der Waals surface area contributed by atoms with Crippen LogP contribution in [0.15, 0.2) is 0 Å². The predicted octanol–water partition coefficient (Wildman–Crippen LogP) is 4.47. The second kappa shape index (κ2) is 6.08. The molecule has 0 spiro atoms. The van der Waals surface area contributed by atoms with Crippen LogP contribution in [-0.2, 0) is 0 Å². The van der Waals surface area contributed by atoms with Gasteiger partial charge in [-0.1, -0.05) is 6.42 Å². The molecule has 0 aliphatic carbocycles. The number of halogens is 1. The van der Waals surface area contributed by atoms with Gasteiger partial charge in [0.1, 0.15) is 0 Å². The van der Waals surface area contributed by atoms with Gasteiger partial charge >= 0.3 is 0 Å². The van der Waals surface area contributed by atoms with Crippen LogP contribution < -0.4 is 5.32 Å². The van der Waals surface area contributed by atoms with Crippen molar-refractivity contribution < 1.29 is 0 Å². The van der Waals surface area contributed by atoms with E-state index >= 15 is 0 Å². The van der Waals surface area contributed by atoms with Gasteiger partial charge in [-0.2, -0.15) is 0 Å². The molecule has 0 radical (unpaired) electrons. The minimum absolute atomic E-state index is 0. The molecule has 18 heavy (non-hydrogen) atoms. The Morgan fingerprint density at radius 2 is 1.28 bits per heavy atom. The van der Waals surface area contributed by atoms with Crippen LogP contribution in [0.2, 0.25) is 0 Å². The molecule has 1 aromatic rings. The van der Waals surface area contributed by atoms with Crippen molar-refractivity contribution >= 4 is 12.4 Å². The molecule has 2 heteroatoms. The molecular weight excluding hydrogens is 242 g/mol. The fourth-order valence-corrected chi connectivity index (χ4v) is 3.15. The Bertz CT molecular complexity index is 402. The van der Waals surface area contributed by atoms with Gasteiger partial charge in [0.05, 0.1) is 0 Å². The van der Waals surface area contributed by atoms with E-state index in [9.17, 15) is 0 Å². The molecule has 0 unspecified atom stereocenters. The maximum Gasteiger partial charge on any atom is 0.0325 e. The molecule has 1 heterocycles. The molecule has 0 amide bonds. The van der Waals surface area contributed by atoms with Crippen molar-refractivity contribution in [3.63, 3.8) is 0 Å². The van der Waals surface area contributed by atoms with Gasteiger partial charge in [-0.15, -0.1) is 12.4 Å². The number of hydrogen-bond acceptors (Lipinski definition) is 1. The molecule has 0 bridgehead atoms. The molecule has 1 fully saturated rings. The lowest BCUT2D eigenvalue weighted by molar-refractivity contribution is 0.409. The molecular formula is C16H26ClN. The summed E-state index contributed by atoms with van der Waals surface area (Å²) >= 11 is 0. The summed E-state index contributed by atoms with van der Waals surface area (Å²) in [7, 11) is 0. The van der Waals surface area contributed by atoms with Crippen molar-refractivity contribution in [2.45, 2.75) is 59.9 Å². The number of nitrogens with one attached hydrogen (secondary N) is 1. The molecule has 1 nitrogen and oxygen atoms in total. The van der Waals surface area contributed by atoms with Crippen molar-refractivity contribution in [1.29, 1.82) is 0 Å². The van der Waals surface area contributed by atoms with E-state index in [0.717, 1.165) is 0 Å². The van der Waals surface area contributed by atoms with Crippen LogP contribution >= 0.6 is 12.4 Å². The summed E-state index contributed by atoms with van der Waals surface area (Å²) in [5.74, 6) is 0. The fraction of sp³-hybridized carbons (Fsp3) is 0.625. The quantitative estimate of drug-likeness (QED) is 0.792. The molecule has 2 rings (SSSR count). The van der Waals surface area contributed by atoms with Crippen LogP contribution in [0.1, 0.15) is 58.7 Å². The number of hydrogen-bond donors (Lipinski definition) is 1. The molecule has 1 aliphatic rings. The largest absolute Gasteiger partial charge is 0.310 e. The zero-order valence-corrected chi connectivity index (χ0v) is 13.1. The summed E-state index contributed by atoms with van der Waals surface area (Å²) in [4.78, 5) is 0. The Morgan fingerprint density at radius 1 is 0.778 bits per heavy atom. The van der Waals surface area contributed by atoms with E-state index in [4.69, 9.17) is 0 Å². The van der Waals surface area contributed by atoms with Crippen LogP contribution in [0.3, 0.4) is 0 Å². The van der Waals surface area contributed by atoms with E-state index in [1.807, 2.05) is 0 Å². The van der Waals surface area contributed by atoms with Crippen LogP contribution in [0.25, 0.3) is 0 Å². The van der Waals surface area contributed by atoms with E-state index in [1.165, 1.54) is 53.6 Å². The van der Waals surface area contributed by atoms with Gasteiger partial charge < -0.3 is 5.32 Å². The average molecular weight is 268 g/mol.